The lowest BCUT2D eigenvalue weighted by atomic mass is 9.96. The molecule has 0 bridgehead atoms. The van der Waals surface area contributed by atoms with E-state index in [1.54, 1.807) is 0 Å². The fourth-order valence-electron chi connectivity index (χ4n) is 1.52. The maximum Gasteiger partial charge on any atom is 0.223 e. The predicted molar refractivity (Wildman–Crippen MR) is 65.5 cm³/mol. The first kappa shape index (κ1) is 12.4. The number of carbonyl (C=O) groups is 1. The third-order valence-electron chi connectivity index (χ3n) is 3.39. The van der Waals surface area contributed by atoms with Crippen LogP contribution in [-0.2, 0) is 4.79 Å². The van der Waals surface area contributed by atoms with Crippen molar-refractivity contribution in [1.82, 2.24) is 5.32 Å². The van der Waals surface area contributed by atoms with Gasteiger partial charge in [-0.25, -0.2) is 0 Å². The molecule has 0 aromatic rings. The van der Waals surface area contributed by atoms with Gasteiger partial charge in [-0.05, 0) is 32.1 Å². The highest BCUT2D eigenvalue weighted by Gasteiger charge is 2.36. The van der Waals surface area contributed by atoms with Crippen molar-refractivity contribution in [2.45, 2.75) is 45.6 Å². The van der Waals surface area contributed by atoms with E-state index in [-0.39, 0.29) is 11.8 Å². The third-order valence-corrected chi connectivity index (χ3v) is 3.84. The molecule has 1 amide bonds. The first-order valence-electron chi connectivity index (χ1n) is 5.52. The molecule has 0 heterocycles. The van der Waals surface area contributed by atoms with Gasteiger partial charge in [0.2, 0.25) is 5.91 Å². The summed E-state index contributed by atoms with van der Waals surface area (Å²) in [5.41, 5.74) is 5.11. The number of carbonyl (C=O) groups excluding carboxylic acids is 1. The van der Waals surface area contributed by atoms with Crippen molar-refractivity contribution in [3.05, 3.63) is 0 Å². The zero-order valence-electron chi connectivity index (χ0n) is 9.67. The lowest BCUT2D eigenvalue weighted by Gasteiger charge is -2.29. The average molecular weight is 228 g/mol. The molecule has 15 heavy (non-hydrogen) atoms. The van der Waals surface area contributed by atoms with Crippen molar-refractivity contribution in [3.8, 4) is 0 Å². The summed E-state index contributed by atoms with van der Waals surface area (Å²) in [6, 6.07) is 0. The van der Waals surface area contributed by atoms with E-state index in [0.29, 0.717) is 10.9 Å². The van der Waals surface area contributed by atoms with E-state index >= 15 is 0 Å². The number of amides is 1. The maximum absolute atomic E-state index is 11.9. The molecule has 86 valence electrons. The van der Waals surface area contributed by atoms with Gasteiger partial charge in [-0.3, -0.25) is 4.79 Å². The van der Waals surface area contributed by atoms with Crippen molar-refractivity contribution in [1.29, 1.82) is 0 Å². The first-order valence-corrected chi connectivity index (χ1v) is 5.93. The summed E-state index contributed by atoms with van der Waals surface area (Å²) < 4.78 is 0. The smallest absolute Gasteiger partial charge is 0.223 e. The van der Waals surface area contributed by atoms with Crippen LogP contribution in [0, 0.1) is 11.8 Å². The quantitative estimate of drug-likeness (QED) is 0.703. The normalized spacial score (nSPS) is 21.5. The fourth-order valence-corrected chi connectivity index (χ4v) is 1.72. The van der Waals surface area contributed by atoms with Gasteiger partial charge < -0.3 is 11.1 Å². The molecule has 1 rings (SSSR count). The second kappa shape index (κ2) is 4.47. The lowest BCUT2D eigenvalue weighted by Crippen LogP contribution is -2.55. The van der Waals surface area contributed by atoms with Crippen LogP contribution in [0.4, 0.5) is 0 Å². The zero-order chi connectivity index (χ0) is 11.6. The van der Waals surface area contributed by atoms with Crippen LogP contribution in [0.1, 0.15) is 40.0 Å². The number of thiocarbonyl (C=S) groups is 1. The van der Waals surface area contributed by atoms with Crippen molar-refractivity contribution < 1.29 is 4.79 Å². The van der Waals surface area contributed by atoms with E-state index < -0.39 is 5.54 Å². The molecule has 0 radical (unpaired) electrons. The summed E-state index contributed by atoms with van der Waals surface area (Å²) >= 11 is 4.98. The van der Waals surface area contributed by atoms with Crippen LogP contribution in [0.25, 0.3) is 0 Å². The van der Waals surface area contributed by atoms with Crippen LogP contribution in [0.15, 0.2) is 0 Å². The first-order chi connectivity index (χ1) is 6.90. The third kappa shape index (κ3) is 2.91. The molecule has 4 heteroatoms. The minimum absolute atomic E-state index is 0.0784. The van der Waals surface area contributed by atoms with Crippen molar-refractivity contribution in [3.63, 3.8) is 0 Å². The SMILES string of the molecule is CCC(C)(NC(=O)C(C)C1CC1)C(N)=S. The molecule has 2 unspecified atom stereocenters. The summed E-state index contributed by atoms with van der Waals surface area (Å²) in [6.45, 7) is 5.83. The maximum atomic E-state index is 11.9. The number of hydrogen-bond acceptors (Lipinski definition) is 2. The largest absolute Gasteiger partial charge is 0.391 e. The van der Waals surface area contributed by atoms with Gasteiger partial charge in [-0.2, -0.15) is 0 Å². The van der Waals surface area contributed by atoms with Gasteiger partial charge in [0.1, 0.15) is 0 Å². The van der Waals surface area contributed by atoms with Crippen molar-refractivity contribution in [2.24, 2.45) is 17.6 Å². The molecule has 0 aliphatic heterocycles. The molecule has 0 aromatic heterocycles. The number of rotatable bonds is 5. The second-order valence-electron chi connectivity index (χ2n) is 4.67. The van der Waals surface area contributed by atoms with Crippen molar-refractivity contribution in [2.75, 3.05) is 0 Å². The minimum Gasteiger partial charge on any atom is -0.391 e. The monoisotopic (exact) mass is 228 g/mol. The Hall–Kier alpha value is -0.640. The lowest BCUT2D eigenvalue weighted by molar-refractivity contribution is -0.126. The molecule has 0 aromatic carbocycles. The van der Waals surface area contributed by atoms with Crippen LogP contribution >= 0.6 is 12.2 Å². The van der Waals surface area contributed by atoms with Gasteiger partial charge in [0, 0.05) is 5.92 Å². The Kier molecular flexibility index (Phi) is 3.71. The fraction of sp³-hybridized carbons (Fsp3) is 0.818. The Morgan fingerprint density at radius 3 is 2.53 bits per heavy atom. The Morgan fingerprint density at radius 2 is 2.20 bits per heavy atom. The van der Waals surface area contributed by atoms with Crippen LogP contribution in [0.5, 0.6) is 0 Å². The molecular formula is C11H20N2OS. The molecule has 0 saturated heterocycles. The summed E-state index contributed by atoms with van der Waals surface area (Å²) in [6.07, 6.45) is 3.07. The highest BCUT2D eigenvalue weighted by molar-refractivity contribution is 7.80. The minimum atomic E-state index is -0.532. The zero-order valence-corrected chi connectivity index (χ0v) is 10.5. The van der Waals surface area contributed by atoms with Gasteiger partial charge in [0.15, 0.2) is 0 Å². The average Bonchev–Trinajstić information content (AvgIpc) is 2.99. The van der Waals surface area contributed by atoms with Gasteiger partial charge in [-0.1, -0.05) is 26.1 Å². The van der Waals surface area contributed by atoms with E-state index in [1.807, 2.05) is 20.8 Å². The van der Waals surface area contributed by atoms with E-state index in [2.05, 4.69) is 5.32 Å². The molecule has 3 nitrogen and oxygen atoms in total. The molecule has 1 aliphatic rings. The molecule has 3 N–H and O–H groups in total. The Morgan fingerprint density at radius 1 is 1.67 bits per heavy atom. The van der Waals surface area contributed by atoms with E-state index in [9.17, 15) is 4.79 Å². The van der Waals surface area contributed by atoms with Gasteiger partial charge in [-0.15, -0.1) is 0 Å². The molecule has 0 spiro atoms. The molecule has 1 fully saturated rings. The molecule has 1 aliphatic carbocycles. The number of nitrogens with two attached hydrogens (primary N) is 1. The Bertz CT molecular complexity index is 276. The van der Waals surface area contributed by atoms with Crippen LogP contribution in [-0.4, -0.2) is 16.4 Å². The van der Waals surface area contributed by atoms with Gasteiger partial charge in [0.25, 0.3) is 0 Å². The molecule has 1 saturated carbocycles. The summed E-state index contributed by atoms with van der Waals surface area (Å²) in [5, 5.41) is 2.96. The Labute approximate surface area is 96.8 Å². The van der Waals surface area contributed by atoms with Gasteiger partial charge in [0.05, 0.1) is 10.5 Å². The molecule has 2 atom stereocenters. The Balaban J connectivity index is 2.58. The predicted octanol–water partition coefficient (Wildman–Crippen LogP) is 1.60. The standard InChI is InChI=1S/C11H20N2OS/c1-4-11(3,10(12)15)13-9(14)7(2)8-5-6-8/h7-8H,4-6H2,1-3H3,(H2,12,15)(H,13,14). The summed E-state index contributed by atoms with van der Waals surface area (Å²) in [7, 11) is 0. The summed E-state index contributed by atoms with van der Waals surface area (Å²) in [5.74, 6) is 0.734. The van der Waals surface area contributed by atoms with Crippen LogP contribution in [0.2, 0.25) is 0 Å². The highest BCUT2D eigenvalue weighted by atomic mass is 32.1. The van der Waals surface area contributed by atoms with E-state index in [4.69, 9.17) is 18.0 Å². The van der Waals surface area contributed by atoms with Crippen LogP contribution in [0.3, 0.4) is 0 Å². The summed E-state index contributed by atoms with van der Waals surface area (Å²) in [4.78, 5) is 12.2. The molecular weight excluding hydrogens is 208 g/mol. The van der Waals surface area contributed by atoms with Crippen LogP contribution < -0.4 is 11.1 Å². The highest BCUT2D eigenvalue weighted by Crippen LogP contribution is 2.36. The topological polar surface area (TPSA) is 55.1 Å². The van der Waals surface area contributed by atoms with E-state index in [0.717, 1.165) is 6.42 Å². The van der Waals surface area contributed by atoms with Crippen molar-refractivity contribution >= 4 is 23.1 Å². The number of nitrogens with one attached hydrogen (secondary N) is 1. The second-order valence-corrected chi connectivity index (χ2v) is 5.11. The van der Waals surface area contributed by atoms with E-state index in [1.165, 1.54) is 12.8 Å². The number of hydrogen-bond donors (Lipinski definition) is 2. The van der Waals surface area contributed by atoms with Gasteiger partial charge >= 0.3 is 0 Å².